The van der Waals surface area contributed by atoms with Crippen LogP contribution in [-0.4, -0.2) is 40.8 Å². The topological polar surface area (TPSA) is 65.2 Å². The number of aromatic nitrogens is 1. The number of carbonyl (C=O) groups is 2. The van der Waals surface area contributed by atoms with Crippen molar-refractivity contribution in [3.8, 4) is 0 Å². The molecule has 2 fully saturated rings. The predicted octanol–water partition coefficient (Wildman–Crippen LogP) is 2.30. The maximum absolute atomic E-state index is 12.7. The lowest BCUT2D eigenvalue weighted by atomic mass is 9.97. The second-order valence-corrected chi connectivity index (χ2v) is 6.64. The lowest BCUT2D eigenvalue weighted by Gasteiger charge is -2.31. The number of piperidine rings is 1. The average Bonchev–Trinajstić information content (AvgIpc) is 3.29. The van der Waals surface area contributed by atoms with Crippen LogP contribution in [0.3, 0.4) is 0 Å². The van der Waals surface area contributed by atoms with Crippen LogP contribution < -0.4 is 5.32 Å². The smallest absolute Gasteiger partial charge is 0.270 e. The molecular formula is C18H21N3O2. The predicted molar refractivity (Wildman–Crippen MR) is 88.1 cm³/mol. The number of fused-ring (bicyclic) bond motifs is 1. The second-order valence-electron chi connectivity index (χ2n) is 6.64. The van der Waals surface area contributed by atoms with E-state index in [1.54, 1.807) is 0 Å². The van der Waals surface area contributed by atoms with E-state index in [-0.39, 0.29) is 17.7 Å². The van der Waals surface area contributed by atoms with E-state index < -0.39 is 0 Å². The number of nitrogens with zero attached hydrogens (tertiary/aromatic N) is 1. The Hall–Kier alpha value is -2.30. The van der Waals surface area contributed by atoms with Gasteiger partial charge in [0.25, 0.3) is 5.91 Å². The summed E-state index contributed by atoms with van der Waals surface area (Å²) in [5, 5.41) is 4.10. The van der Waals surface area contributed by atoms with Crippen molar-refractivity contribution in [3.05, 3.63) is 36.0 Å². The van der Waals surface area contributed by atoms with Crippen LogP contribution in [0.1, 0.15) is 36.2 Å². The zero-order valence-corrected chi connectivity index (χ0v) is 13.0. The summed E-state index contributed by atoms with van der Waals surface area (Å²) >= 11 is 0. The highest BCUT2D eigenvalue weighted by atomic mass is 16.2. The van der Waals surface area contributed by atoms with Gasteiger partial charge in [-0.25, -0.2) is 0 Å². The number of H-pyrrole nitrogens is 1. The Labute approximate surface area is 135 Å². The Kier molecular flexibility index (Phi) is 3.56. The minimum absolute atomic E-state index is 0.00915. The maximum Gasteiger partial charge on any atom is 0.270 e. The van der Waals surface area contributed by atoms with Crippen molar-refractivity contribution in [2.24, 2.45) is 5.92 Å². The van der Waals surface area contributed by atoms with Crippen molar-refractivity contribution in [1.82, 2.24) is 15.2 Å². The molecule has 5 nitrogen and oxygen atoms in total. The van der Waals surface area contributed by atoms with Crippen LogP contribution in [0.15, 0.2) is 30.3 Å². The highest BCUT2D eigenvalue weighted by Gasteiger charge is 2.32. The van der Waals surface area contributed by atoms with Crippen molar-refractivity contribution < 1.29 is 9.59 Å². The van der Waals surface area contributed by atoms with Crippen LogP contribution in [0.2, 0.25) is 0 Å². The third-order valence-electron chi connectivity index (χ3n) is 4.76. The van der Waals surface area contributed by atoms with Gasteiger partial charge in [0.15, 0.2) is 0 Å². The molecular weight excluding hydrogens is 290 g/mol. The number of hydrogen-bond acceptors (Lipinski definition) is 2. The Morgan fingerprint density at radius 3 is 2.78 bits per heavy atom. The van der Waals surface area contributed by atoms with Gasteiger partial charge in [-0.15, -0.1) is 0 Å². The fraction of sp³-hybridized carbons (Fsp3) is 0.444. The number of nitrogens with one attached hydrogen (secondary N) is 2. The molecule has 2 aliphatic rings. The summed E-state index contributed by atoms with van der Waals surface area (Å²) in [6, 6.07) is 10.1. The molecule has 1 aliphatic heterocycles. The SMILES string of the molecule is O=C(NC1CC1)[C@H]1CCCN(C(=O)c2cc3ccccc3[nH]2)C1. The van der Waals surface area contributed by atoms with Crippen LogP contribution in [0.5, 0.6) is 0 Å². The largest absolute Gasteiger partial charge is 0.353 e. The number of carbonyl (C=O) groups excluding carboxylic acids is 2. The van der Waals surface area contributed by atoms with Gasteiger partial charge in [-0.3, -0.25) is 9.59 Å². The molecule has 1 aromatic heterocycles. The number of aromatic amines is 1. The van der Waals surface area contributed by atoms with Gasteiger partial charge < -0.3 is 15.2 Å². The highest BCUT2D eigenvalue weighted by molar-refractivity contribution is 5.98. The van der Waals surface area contributed by atoms with Crippen molar-refractivity contribution >= 4 is 22.7 Å². The van der Waals surface area contributed by atoms with Crippen LogP contribution in [0.25, 0.3) is 10.9 Å². The second kappa shape index (κ2) is 5.72. The van der Waals surface area contributed by atoms with Gasteiger partial charge in [-0.1, -0.05) is 18.2 Å². The quantitative estimate of drug-likeness (QED) is 0.913. The molecule has 2 amide bonds. The summed E-state index contributed by atoms with van der Waals surface area (Å²) < 4.78 is 0. The first-order valence-electron chi connectivity index (χ1n) is 8.38. The Balaban J connectivity index is 1.47. The first-order chi connectivity index (χ1) is 11.2. The van der Waals surface area contributed by atoms with Gasteiger partial charge in [0.1, 0.15) is 5.69 Å². The molecule has 0 spiro atoms. The summed E-state index contributed by atoms with van der Waals surface area (Å²) in [6.07, 6.45) is 3.94. The van der Waals surface area contributed by atoms with E-state index in [1.165, 1.54) is 0 Å². The van der Waals surface area contributed by atoms with E-state index in [2.05, 4.69) is 10.3 Å². The number of rotatable bonds is 3. The number of likely N-dealkylation sites (tertiary alicyclic amines) is 1. The van der Waals surface area contributed by atoms with Gasteiger partial charge in [-0.05, 0) is 37.8 Å². The summed E-state index contributed by atoms with van der Waals surface area (Å²) in [4.78, 5) is 30.0. The molecule has 1 saturated heterocycles. The maximum atomic E-state index is 12.7. The molecule has 2 heterocycles. The van der Waals surface area contributed by atoms with E-state index >= 15 is 0 Å². The average molecular weight is 311 g/mol. The van der Waals surface area contributed by atoms with Crippen molar-refractivity contribution in [1.29, 1.82) is 0 Å². The Morgan fingerprint density at radius 2 is 2.00 bits per heavy atom. The van der Waals surface area contributed by atoms with E-state index in [4.69, 9.17) is 0 Å². The zero-order valence-electron chi connectivity index (χ0n) is 13.0. The van der Waals surface area contributed by atoms with E-state index in [1.807, 2.05) is 35.2 Å². The van der Waals surface area contributed by atoms with Crippen molar-refractivity contribution in [2.75, 3.05) is 13.1 Å². The van der Waals surface area contributed by atoms with E-state index in [0.717, 1.165) is 43.1 Å². The molecule has 1 saturated carbocycles. The van der Waals surface area contributed by atoms with Gasteiger partial charge in [0.2, 0.25) is 5.91 Å². The first kappa shape index (κ1) is 14.3. The van der Waals surface area contributed by atoms with Crippen LogP contribution in [-0.2, 0) is 4.79 Å². The molecule has 1 atom stereocenters. The molecule has 0 radical (unpaired) electrons. The molecule has 1 aliphatic carbocycles. The Morgan fingerprint density at radius 1 is 1.17 bits per heavy atom. The third kappa shape index (κ3) is 2.96. The van der Waals surface area contributed by atoms with Gasteiger partial charge in [0.05, 0.1) is 5.92 Å². The molecule has 1 aromatic carbocycles. The fourth-order valence-corrected chi connectivity index (χ4v) is 3.28. The van der Waals surface area contributed by atoms with Gasteiger partial charge in [-0.2, -0.15) is 0 Å². The van der Waals surface area contributed by atoms with Crippen molar-refractivity contribution in [2.45, 2.75) is 31.7 Å². The van der Waals surface area contributed by atoms with Crippen molar-refractivity contribution in [3.63, 3.8) is 0 Å². The minimum atomic E-state index is -0.0716. The monoisotopic (exact) mass is 311 g/mol. The molecule has 23 heavy (non-hydrogen) atoms. The number of amides is 2. The first-order valence-corrected chi connectivity index (χ1v) is 8.38. The Bertz CT molecular complexity index is 715. The lowest BCUT2D eigenvalue weighted by molar-refractivity contribution is -0.126. The molecule has 2 N–H and O–H groups in total. The zero-order chi connectivity index (χ0) is 15.8. The molecule has 0 bridgehead atoms. The van der Waals surface area contributed by atoms with Gasteiger partial charge in [0, 0.05) is 30.0 Å². The fourth-order valence-electron chi connectivity index (χ4n) is 3.28. The number of para-hydroxylation sites is 1. The summed E-state index contributed by atoms with van der Waals surface area (Å²) in [5.74, 6) is 0.0319. The summed E-state index contributed by atoms with van der Waals surface area (Å²) in [5.41, 5.74) is 1.57. The molecule has 5 heteroatoms. The van der Waals surface area contributed by atoms with Crippen LogP contribution >= 0.6 is 0 Å². The molecule has 120 valence electrons. The van der Waals surface area contributed by atoms with Crippen LogP contribution in [0.4, 0.5) is 0 Å². The van der Waals surface area contributed by atoms with E-state index in [9.17, 15) is 9.59 Å². The lowest BCUT2D eigenvalue weighted by Crippen LogP contribution is -2.46. The molecule has 4 rings (SSSR count). The summed E-state index contributed by atoms with van der Waals surface area (Å²) in [6.45, 7) is 1.24. The number of benzene rings is 1. The van der Waals surface area contributed by atoms with Crippen LogP contribution in [0, 0.1) is 5.92 Å². The molecule has 0 unspecified atom stereocenters. The number of hydrogen-bond donors (Lipinski definition) is 2. The summed E-state index contributed by atoms with van der Waals surface area (Å²) in [7, 11) is 0. The normalized spacial score (nSPS) is 21.4. The minimum Gasteiger partial charge on any atom is -0.353 e. The highest BCUT2D eigenvalue weighted by Crippen LogP contribution is 2.23. The standard InChI is InChI=1S/C18H21N3O2/c22-17(19-14-7-8-14)13-5-3-9-21(11-13)18(23)16-10-12-4-1-2-6-15(12)20-16/h1-2,4,6,10,13-14,20H,3,5,7-9,11H2,(H,19,22)/t13-/m0/s1. The van der Waals surface area contributed by atoms with E-state index in [0.29, 0.717) is 18.3 Å². The third-order valence-corrected chi connectivity index (χ3v) is 4.76. The molecule has 2 aromatic rings. The van der Waals surface area contributed by atoms with Gasteiger partial charge >= 0.3 is 0 Å².